The van der Waals surface area contributed by atoms with Gasteiger partial charge in [0.2, 0.25) is 0 Å². The zero-order valence-electron chi connectivity index (χ0n) is 11.7. The normalized spacial score (nSPS) is 12.7. The van der Waals surface area contributed by atoms with Gasteiger partial charge in [-0.2, -0.15) is 0 Å². The molecule has 106 valence electrons. The molecule has 0 rings (SSSR count). The Morgan fingerprint density at radius 1 is 1.28 bits per heavy atom. The maximum atomic E-state index is 11.4. The van der Waals surface area contributed by atoms with Crippen LogP contribution < -0.4 is 5.32 Å². The average molecular weight is 261 g/mol. The Balaban J connectivity index is 3.74. The van der Waals surface area contributed by atoms with E-state index in [2.05, 4.69) is 5.32 Å². The predicted octanol–water partition coefficient (Wildman–Crippen LogP) is 1.48. The van der Waals surface area contributed by atoms with Crippen molar-refractivity contribution in [1.82, 2.24) is 5.32 Å². The topological polar surface area (TPSA) is 73.9 Å². The molecule has 0 fully saturated rings. The van der Waals surface area contributed by atoms with E-state index in [4.69, 9.17) is 14.2 Å². The zero-order chi connectivity index (χ0) is 14.2. The summed E-state index contributed by atoms with van der Waals surface area (Å²) in [6, 6.07) is -0.241. The van der Waals surface area contributed by atoms with Gasteiger partial charge in [0.05, 0.1) is 19.3 Å². The molecule has 0 heterocycles. The summed E-state index contributed by atoms with van der Waals surface area (Å²) in [5.41, 5.74) is -0.532. The minimum atomic E-state index is -0.532. The molecule has 1 unspecified atom stereocenters. The van der Waals surface area contributed by atoms with Crippen LogP contribution in [0.1, 0.15) is 34.6 Å². The fourth-order valence-corrected chi connectivity index (χ4v) is 1.07. The molecule has 0 aliphatic heterocycles. The molecule has 0 saturated heterocycles. The first kappa shape index (κ1) is 16.7. The smallest absolute Gasteiger partial charge is 0.407 e. The summed E-state index contributed by atoms with van der Waals surface area (Å²) in [5, 5.41) is 2.60. The lowest BCUT2D eigenvalue weighted by Crippen LogP contribution is -2.40. The van der Waals surface area contributed by atoms with E-state index >= 15 is 0 Å². The summed E-state index contributed by atoms with van der Waals surface area (Å²) in [6.45, 7) is 9.28. The number of esters is 1. The van der Waals surface area contributed by atoms with Gasteiger partial charge in [0.15, 0.2) is 0 Å². The number of hydrogen-bond acceptors (Lipinski definition) is 5. The van der Waals surface area contributed by atoms with E-state index in [1.807, 2.05) is 0 Å². The zero-order valence-corrected chi connectivity index (χ0v) is 11.7. The highest BCUT2D eigenvalue weighted by Crippen LogP contribution is 2.06. The molecule has 0 aliphatic rings. The Labute approximate surface area is 108 Å². The van der Waals surface area contributed by atoms with Crippen molar-refractivity contribution in [2.75, 3.05) is 19.8 Å². The number of carbonyl (C=O) groups excluding carboxylic acids is 2. The summed E-state index contributed by atoms with van der Waals surface area (Å²) in [4.78, 5) is 22.4. The van der Waals surface area contributed by atoms with Crippen LogP contribution in [0.4, 0.5) is 4.79 Å². The number of rotatable bonds is 6. The van der Waals surface area contributed by atoms with Crippen LogP contribution in [0.3, 0.4) is 0 Å². The highest BCUT2D eigenvalue weighted by molar-refractivity contribution is 5.70. The minimum absolute atomic E-state index is 0.117. The quantitative estimate of drug-likeness (QED) is 0.733. The van der Waals surface area contributed by atoms with Crippen LogP contribution in [0.25, 0.3) is 0 Å². The van der Waals surface area contributed by atoms with Crippen LogP contribution in [0.2, 0.25) is 0 Å². The monoisotopic (exact) mass is 261 g/mol. The molecule has 0 aromatic rings. The summed E-state index contributed by atoms with van der Waals surface area (Å²) in [6.07, 6.45) is -0.505. The van der Waals surface area contributed by atoms with Gasteiger partial charge >= 0.3 is 12.1 Å². The fraction of sp³-hybridized carbons (Fsp3) is 0.833. The van der Waals surface area contributed by atoms with Crippen molar-refractivity contribution in [3.63, 3.8) is 0 Å². The van der Waals surface area contributed by atoms with E-state index in [1.54, 1.807) is 34.6 Å². The molecule has 0 spiro atoms. The largest absolute Gasteiger partial charge is 0.464 e. The van der Waals surface area contributed by atoms with E-state index in [9.17, 15) is 9.59 Å². The number of ether oxygens (including phenoxy) is 3. The Hall–Kier alpha value is -1.30. The van der Waals surface area contributed by atoms with Gasteiger partial charge in [0.1, 0.15) is 12.2 Å². The first-order chi connectivity index (χ1) is 8.24. The molecule has 0 aliphatic carbocycles. The third-order valence-electron chi connectivity index (χ3n) is 1.66. The lowest BCUT2D eigenvalue weighted by molar-refractivity contribution is -0.148. The van der Waals surface area contributed by atoms with Gasteiger partial charge in [-0.3, -0.25) is 0 Å². The van der Waals surface area contributed by atoms with Gasteiger partial charge < -0.3 is 19.5 Å². The number of alkyl carbamates (subject to hydrolysis) is 1. The van der Waals surface area contributed by atoms with Crippen molar-refractivity contribution in [3.05, 3.63) is 0 Å². The molecule has 6 heteroatoms. The highest BCUT2D eigenvalue weighted by Gasteiger charge is 2.17. The number of hydrogen-bond donors (Lipinski definition) is 1. The first-order valence-corrected chi connectivity index (χ1v) is 5.97. The second-order valence-electron chi connectivity index (χ2n) is 4.87. The van der Waals surface area contributed by atoms with E-state index in [1.165, 1.54) is 0 Å². The highest BCUT2D eigenvalue weighted by atomic mass is 16.6. The molecule has 0 bridgehead atoms. The van der Waals surface area contributed by atoms with Gasteiger partial charge in [0.25, 0.3) is 0 Å². The van der Waals surface area contributed by atoms with E-state index in [-0.39, 0.29) is 19.3 Å². The van der Waals surface area contributed by atoms with Crippen LogP contribution in [-0.4, -0.2) is 43.5 Å². The van der Waals surface area contributed by atoms with Gasteiger partial charge in [-0.1, -0.05) is 0 Å². The number of nitrogens with one attached hydrogen (secondary N) is 1. The molecule has 0 aromatic carbocycles. The van der Waals surface area contributed by atoms with Gasteiger partial charge in [-0.25, -0.2) is 9.59 Å². The summed E-state index contributed by atoms with van der Waals surface area (Å²) >= 11 is 0. The fourth-order valence-electron chi connectivity index (χ4n) is 1.07. The molecule has 1 atom stereocenters. The standard InChI is InChI=1S/C12H23NO5/c1-6-17-10(14)8-16-7-9(2)13-11(15)18-12(3,4)5/h9H,6-8H2,1-5H3,(H,13,15). The lowest BCUT2D eigenvalue weighted by atomic mass is 10.2. The number of amides is 1. The van der Waals surface area contributed by atoms with Gasteiger partial charge in [-0.05, 0) is 34.6 Å². The average Bonchev–Trinajstić information content (AvgIpc) is 2.14. The van der Waals surface area contributed by atoms with Gasteiger partial charge in [-0.15, -0.1) is 0 Å². The Morgan fingerprint density at radius 2 is 1.89 bits per heavy atom. The molecule has 0 saturated carbocycles. The third kappa shape index (κ3) is 9.89. The van der Waals surface area contributed by atoms with Crippen LogP contribution in [0.5, 0.6) is 0 Å². The molecular formula is C12H23NO5. The van der Waals surface area contributed by atoms with Crippen LogP contribution in [0, 0.1) is 0 Å². The Kier molecular flexibility index (Phi) is 7.35. The van der Waals surface area contributed by atoms with Gasteiger partial charge in [0, 0.05) is 0 Å². The van der Waals surface area contributed by atoms with E-state index < -0.39 is 17.7 Å². The third-order valence-corrected chi connectivity index (χ3v) is 1.66. The van der Waals surface area contributed by atoms with Crippen molar-refractivity contribution < 1.29 is 23.8 Å². The van der Waals surface area contributed by atoms with Crippen molar-refractivity contribution >= 4 is 12.1 Å². The Bertz CT molecular complexity index is 272. The maximum absolute atomic E-state index is 11.4. The number of carbonyl (C=O) groups is 2. The second kappa shape index (κ2) is 7.92. The Morgan fingerprint density at radius 3 is 2.39 bits per heavy atom. The maximum Gasteiger partial charge on any atom is 0.407 e. The van der Waals surface area contributed by atoms with E-state index in [0.717, 1.165) is 0 Å². The van der Waals surface area contributed by atoms with Crippen molar-refractivity contribution in [2.45, 2.75) is 46.3 Å². The first-order valence-electron chi connectivity index (χ1n) is 5.97. The van der Waals surface area contributed by atoms with Crippen molar-refractivity contribution in [2.24, 2.45) is 0 Å². The minimum Gasteiger partial charge on any atom is -0.464 e. The van der Waals surface area contributed by atoms with Crippen molar-refractivity contribution in [1.29, 1.82) is 0 Å². The molecule has 0 aromatic heterocycles. The van der Waals surface area contributed by atoms with E-state index in [0.29, 0.717) is 6.61 Å². The summed E-state index contributed by atoms with van der Waals surface area (Å²) < 4.78 is 14.9. The molecule has 0 radical (unpaired) electrons. The van der Waals surface area contributed by atoms with Crippen LogP contribution >= 0.6 is 0 Å². The molecule has 18 heavy (non-hydrogen) atoms. The second-order valence-corrected chi connectivity index (χ2v) is 4.87. The molecule has 1 amide bonds. The van der Waals surface area contributed by atoms with Crippen LogP contribution in [-0.2, 0) is 19.0 Å². The molecule has 6 nitrogen and oxygen atoms in total. The van der Waals surface area contributed by atoms with Crippen LogP contribution in [0.15, 0.2) is 0 Å². The SMILES string of the molecule is CCOC(=O)COCC(C)NC(=O)OC(C)(C)C. The molecular weight excluding hydrogens is 238 g/mol. The van der Waals surface area contributed by atoms with Crippen molar-refractivity contribution in [3.8, 4) is 0 Å². The predicted molar refractivity (Wildman–Crippen MR) is 66.3 cm³/mol. The summed E-state index contributed by atoms with van der Waals surface area (Å²) in [5.74, 6) is -0.415. The molecule has 1 N–H and O–H groups in total. The summed E-state index contributed by atoms with van der Waals surface area (Å²) in [7, 11) is 0. The lowest BCUT2D eigenvalue weighted by Gasteiger charge is -2.21.